The van der Waals surface area contributed by atoms with Crippen molar-refractivity contribution in [2.24, 2.45) is 5.73 Å². The quantitative estimate of drug-likeness (QED) is 0.786. The van der Waals surface area contributed by atoms with Gasteiger partial charge in [-0.3, -0.25) is 10.1 Å². The van der Waals surface area contributed by atoms with Gasteiger partial charge in [0.15, 0.2) is 0 Å². The van der Waals surface area contributed by atoms with Crippen LogP contribution in [0.15, 0.2) is 53.0 Å². The number of nitrogens with one attached hydrogen (secondary N) is 1. The van der Waals surface area contributed by atoms with Crippen LogP contribution < -0.4 is 11.1 Å². The summed E-state index contributed by atoms with van der Waals surface area (Å²) >= 11 is 3.35. The predicted molar refractivity (Wildman–Crippen MR) is 81.0 cm³/mol. The lowest BCUT2D eigenvalue weighted by atomic mass is 10.1. The summed E-state index contributed by atoms with van der Waals surface area (Å²) in [7, 11) is 0. The topological polar surface area (TPSA) is 75.4 Å². The van der Waals surface area contributed by atoms with Crippen LogP contribution in [-0.2, 0) is 11.3 Å². The van der Waals surface area contributed by atoms with Gasteiger partial charge in [0.25, 0.3) is 0 Å². The van der Waals surface area contributed by atoms with Crippen LogP contribution in [-0.4, -0.2) is 11.0 Å². The lowest BCUT2D eigenvalue weighted by Gasteiger charge is -2.16. The number of amides is 1. The van der Waals surface area contributed by atoms with Crippen molar-refractivity contribution in [2.75, 3.05) is 0 Å². The van der Waals surface area contributed by atoms with E-state index < -0.39 is 11.9 Å². The second-order valence-electron chi connectivity index (χ2n) is 4.40. The highest BCUT2D eigenvalue weighted by atomic mass is 79.9. The second kappa shape index (κ2) is 6.54. The van der Waals surface area contributed by atoms with Gasteiger partial charge in [0.1, 0.15) is 11.8 Å². The van der Waals surface area contributed by atoms with E-state index in [1.54, 1.807) is 18.2 Å². The van der Waals surface area contributed by atoms with E-state index >= 15 is 0 Å². The molecular formula is C15H15BrN2O2. The maximum absolute atomic E-state index is 11.6. The molecule has 4 N–H and O–H groups in total. The highest BCUT2D eigenvalue weighted by Gasteiger charge is 2.17. The molecule has 104 valence electrons. The number of hydrogen-bond acceptors (Lipinski definition) is 3. The minimum Gasteiger partial charge on any atom is -0.508 e. The Kier molecular flexibility index (Phi) is 4.76. The molecule has 4 nitrogen and oxygen atoms in total. The molecule has 2 aromatic rings. The first-order valence-electron chi connectivity index (χ1n) is 6.13. The van der Waals surface area contributed by atoms with E-state index in [0.717, 1.165) is 10.0 Å². The zero-order valence-electron chi connectivity index (χ0n) is 10.7. The van der Waals surface area contributed by atoms with Gasteiger partial charge in [-0.2, -0.15) is 0 Å². The summed E-state index contributed by atoms with van der Waals surface area (Å²) < 4.78 is 0.863. The molecular weight excluding hydrogens is 320 g/mol. The van der Waals surface area contributed by atoms with Gasteiger partial charge < -0.3 is 10.8 Å². The van der Waals surface area contributed by atoms with Crippen molar-refractivity contribution in [1.82, 2.24) is 5.32 Å². The Labute approximate surface area is 125 Å². The number of benzene rings is 2. The molecule has 0 fully saturated rings. The summed E-state index contributed by atoms with van der Waals surface area (Å²) in [5, 5.41) is 12.8. The van der Waals surface area contributed by atoms with E-state index in [2.05, 4.69) is 21.2 Å². The van der Waals surface area contributed by atoms with Gasteiger partial charge >= 0.3 is 0 Å². The van der Waals surface area contributed by atoms with E-state index in [-0.39, 0.29) is 5.75 Å². The molecule has 0 aromatic heterocycles. The molecule has 0 bridgehead atoms. The number of carbonyl (C=O) groups is 1. The van der Waals surface area contributed by atoms with Gasteiger partial charge in [-0.1, -0.05) is 46.3 Å². The summed E-state index contributed by atoms with van der Waals surface area (Å²) in [6.07, 6.45) is 0. The maximum Gasteiger partial charge on any atom is 0.239 e. The van der Waals surface area contributed by atoms with Gasteiger partial charge in [-0.05, 0) is 23.8 Å². The van der Waals surface area contributed by atoms with Crippen LogP contribution in [0.4, 0.5) is 0 Å². The van der Waals surface area contributed by atoms with Gasteiger partial charge in [0.05, 0.1) is 0 Å². The Hall–Kier alpha value is -1.85. The van der Waals surface area contributed by atoms with Gasteiger partial charge in [0, 0.05) is 16.6 Å². The smallest absolute Gasteiger partial charge is 0.239 e. The standard InChI is InChI=1S/C15H15BrN2O2/c16-12-6-7-13(19)11(8-12)9-18-14(15(17)20)10-4-2-1-3-5-10/h1-8,14,18-19H,9H2,(H2,17,20). The van der Waals surface area contributed by atoms with Crippen LogP contribution in [0.3, 0.4) is 0 Å². The fourth-order valence-corrected chi connectivity index (χ4v) is 2.34. The number of carbonyl (C=O) groups excluding carboxylic acids is 1. The zero-order valence-corrected chi connectivity index (χ0v) is 12.3. The number of halogens is 1. The molecule has 0 spiro atoms. The summed E-state index contributed by atoms with van der Waals surface area (Å²) in [5.41, 5.74) is 6.92. The first kappa shape index (κ1) is 14.6. The maximum atomic E-state index is 11.6. The van der Waals surface area contributed by atoms with Crippen molar-refractivity contribution in [2.45, 2.75) is 12.6 Å². The number of hydrogen-bond donors (Lipinski definition) is 3. The van der Waals surface area contributed by atoms with Crippen LogP contribution in [0.2, 0.25) is 0 Å². The van der Waals surface area contributed by atoms with Crippen molar-refractivity contribution in [3.63, 3.8) is 0 Å². The number of phenolic OH excluding ortho intramolecular Hbond substituents is 1. The lowest BCUT2D eigenvalue weighted by Crippen LogP contribution is -2.33. The molecule has 1 atom stereocenters. The third kappa shape index (κ3) is 3.59. The molecule has 0 aliphatic rings. The van der Waals surface area contributed by atoms with Crippen LogP contribution in [0.1, 0.15) is 17.2 Å². The first-order valence-corrected chi connectivity index (χ1v) is 6.92. The Morgan fingerprint density at radius 2 is 1.95 bits per heavy atom. The second-order valence-corrected chi connectivity index (χ2v) is 5.32. The molecule has 2 rings (SSSR count). The SMILES string of the molecule is NC(=O)C(NCc1cc(Br)ccc1O)c1ccccc1. The zero-order chi connectivity index (χ0) is 14.5. The normalized spacial score (nSPS) is 12.1. The monoisotopic (exact) mass is 334 g/mol. The van der Waals surface area contributed by atoms with Crippen molar-refractivity contribution in [1.29, 1.82) is 0 Å². The molecule has 0 aliphatic heterocycles. The molecule has 5 heteroatoms. The Balaban J connectivity index is 2.14. The molecule has 0 radical (unpaired) electrons. The van der Waals surface area contributed by atoms with Crippen LogP contribution in [0, 0.1) is 0 Å². The first-order chi connectivity index (χ1) is 9.58. The predicted octanol–water partition coefficient (Wildman–Crippen LogP) is 2.47. The van der Waals surface area contributed by atoms with Crippen molar-refractivity contribution in [3.8, 4) is 5.75 Å². The molecule has 1 amide bonds. The summed E-state index contributed by atoms with van der Waals surface area (Å²) in [4.78, 5) is 11.6. The van der Waals surface area contributed by atoms with Crippen LogP contribution >= 0.6 is 15.9 Å². The van der Waals surface area contributed by atoms with Gasteiger partial charge in [-0.25, -0.2) is 0 Å². The number of aromatic hydroxyl groups is 1. The summed E-state index contributed by atoms with van der Waals surface area (Å²) in [6.45, 7) is 0.341. The average Bonchev–Trinajstić information content (AvgIpc) is 2.43. The van der Waals surface area contributed by atoms with Crippen LogP contribution in [0.25, 0.3) is 0 Å². The number of primary amides is 1. The summed E-state index contributed by atoms with van der Waals surface area (Å²) in [6, 6.07) is 13.8. The van der Waals surface area contributed by atoms with Crippen molar-refractivity contribution < 1.29 is 9.90 Å². The molecule has 0 saturated heterocycles. The molecule has 0 heterocycles. The van der Waals surface area contributed by atoms with E-state index in [4.69, 9.17) is 5.73 Å². The van der Waals surface area contributed by atoms with E-state index in [9.17, 15) is 9.90 Å². The number of rotatable bonds is 5. The van der Waals surface area contributed by atoms with Crippen molar-refractivity contribution in [3.05, 3.63) is 64.1 Å². The third-order valence-corrected chi connectivity index (χ3v) is 3.45. The third-order valence-electron chi connectivity index (χ3n) is 2.96. The number of phenols is 1. The van der Waals surface area contributed by atoms with Crippen molar-refractivity contribution >= 4 is 21.8 Å². The van der Waals surface area contributed by atoms with E-state index in [1.165, 1.54) is 0 Å². The molecule has 0 aliphatic carbocycles. The molecule has 0 saturated carbocycles. The largest absolute Gasteiger partial charge is 0.508 e. The fourth-order valence-electron chi connectivity index (χ4n) is 1.94. The van der Waals surface area contributed by atoms with Gasteiger partial charge in [0.2, 0.25) is 5.91 Å². The molecule has 2 aromatic carbocycles. The fraction of sp³-hybridized carbons (Fsp3) is 0.133. The average molecular weight is 335 g/mol. The highest BCUT2D eigenvalue weighted by Crippen LogP contribution is 2.22. The minimum absolute atomic E-state index is 0.178. The Bertz CT molecular complexity index is 602. The number of nitrogens with two attached hydrogens (primary N) is 1. The molecule has 1 unspecified atom stereocenters. The Morgan fingerprint density at radius 3 is 2.60 bits per heavy atom. The lowest BCUT2D eigenvalue weighted by molar-refractivity contribution is -0.120. The summed E-state index contributed by atoms with van der Waals surface area (Å²) in [5.74, 6) is -0.275. The molecule has 20 heavy (non-hydrogen) atoms. The van der Waals surface area contributed by atoms with E-state index in [0.29, 0.717) is 12.1 Å². The Morgan fingerprint density at radius 1 is 1.25 bits per heavy atom. The van der Waals surface area contributed by atoms with Gasteiger partial charge in [-0.15, -0.1) is 0 Å². The van der Waals surface area contributed by atoms with Crippen LogP contribution in [0.5, 0.6) is 5.75 Å². The van der Waals surface area contributed by atoms with E-state index in [1.807, 2.05) is 30.3 Å². The highest BCUT2D eigenvalue weighted by molar-refractivity contribution is 9.10. The minimum atomic E-state index is -0.588.